The summed E-state index contributed by atoms with van der Waals surface area (Å²) in [4.78, 5) is 24.3. The number of aromatic nitrogens is 3. The summed E-state index contributed by atoms with van der Waals surface area (Å²) in [6.07, 6.45) is 8.12. The van der Waals surface area contributed by atoms with E-state index >= 15 is 0 Å². The second kappa shape index (κ2) is 9.26. The van der Waals surface area contributed by atoms with Crippen LogP contribution in [-0.4, -0.2) is 52.8 Å². The van der Waals surface area contributed by atoms with E-state index in [1.165, 1.54) is 45.7 Å². The highest BCUT2D eigenvalue weighted by atomic mass is 16.5. The largest absolute Gasteiger partial charge is 0.494 e. The molecule has 30 heavy (non-hydrogen) atoms. The topological polar surface area (TPSA) is 69.5 Å². The summed E-state index contributed by atoms with van der Waals surface area (Å²) in [6.45, 7) is 6.01. The van der Waals surface area contributed by atoms with Crippen molar-refractivity contribution in [3.05, 3.63) is 52.8 Å². The lowest BCUT2D eigenvalue weighted by Gasteiger charge is -2.26. The van der Waals surface area contributed by atoms with Gasteiger partial charge in [-0.2, -0.15) is 0 Å². The van der Waals surface area contributed by atoms with Gasteiger partial charge >= 0.3 is 0 Å². The van der Waals surface area contributed by atoms with E-state index in [1.807, 2.05) is 31.2 Å². The molecule has 4 rings (SSSR count). The zero-order valence-electron chi connectivity index (χ0n) is 17.6. The van der Waals surface area contributed by atoms with Crippen LogP contribution in [0.15, 0.2) is 41.5 Å². The number of ether oxygens (including phenoxy) is 2. The van der Waals surface area contributed by atoms with Gasteiger partial charge in [-0.25, -0.2) is 4.98 Å². The Morgan fingerprint density at radius 1 is 1.07 bits per heavy atom. The number of hydrogen-bond acceptors (Lipinski definition) is 6. The fourth-order valence-corrected chi connectivity index (χ4v) is 4.03. The minimum atomic E-state index is -0.174. The third-order valence-corrected chi connectivity index (χ3v) is 5.56. The van der Waals surface area contributed by atoms with Crippen molar-refractivity contribution in [3.8, 4) is 17.2 Å². The second-order valence-corrected chi connectivity index (χ2v) is 7.63. The summed E-state index contributed by atoms with van der Waals surface area (Å²) in [6, 6.07) is 7.57. The van der Waals surface area contributed by atoms with Crippen LogP contribution in [0, 0.1) is 6.92 Å². The maximum absolute atomic E-state index is 13.2. The maximum atomic E-state index is 13.2. The van der Waals surface area contributed by atoms with Crippen LogP contribution >= 0.6 is 0 Å². The highest BCUT2D eigenvalue weighted by Gasteiger charge is 2.14. The SMILES string of the molecule is COc1cncc2nc(C)n(-c3ccc(OCCCN4CCCCC4)cc3)c(=O)c12. The molecule has 0 atom stereocenters. The first-order valence-corrected chi connectivity index (χ1v) is 10.5. The van der Waals surface area contributed by atoms with Crippen molar-refractivity contribution in [2.24, 2.45) is 0 Å². The molecule has 0 bridgehead atoms. The molecule has 1 aliphatic heterocycles. The Labute approximate surface area is 176 Å². The molecule has 0 radical (unpaired) electrons. The summed E-state index contributed by atoms with van der Waals surface area (Å²) in [7, 11) is 1.53. The standard InChI is InChI=1S/C23H28N4O3/c1-17-25-20-15-24-16-21(29-2)22(20)23(28)27(17)18-7-9-19(10-8-18)30-14-6-13-26-11-4-3-5-12-26/h7-10,15-16H,3-6,11-14H2,1-2H3. The van der Waals surface area contributed by atoms with E-state index in [4.69, 9.17) is 9.47 Å². The van der Waals surface area contributed by atoms with Crippen molar-refractivity contribution in [1.29, 1.82) is 0 Å². The lowest BCUT2D eigenvalue weighted by Crippen LogP contribution is -2.31. The summed E-state index contributed by atoms with van der Waals surface area (Å²) in [5.74, 6) is 1.82. The maximum Gasteiger partial charge on any atom is 0.269 e. The minimum absolute atomic E-state index is 0.174. The van der Waals surface area contributed by atoms with Gasteiger partial charge in [0.2, 0.25) is 0 Å². The quantitative estimate of drug-likeness (QED) is 0.559. The summed E-state index contributed by atoms with van der Waals surface area (Å²) >= 11 is 0. The molecule has 0 aliphatic carbocycles. The minimum Gasteiger partial charge on any atom is -0.494 e. The molecule has 2 aromatic heterocycles. The average Bonchev–Trinajstić information content (AvgIpc) is 2.78. The van der Waals surface area contributed by atoms with Crippen LogP contribution in [-0.2, 0) is 0 Å². The van der Waals surface area contributed by atoms with Gasteiger partial charge in [-0.15, -0.1) is 0 Å². The van der Waals surface area contributed by atoms with E-state index in [0.717, 1.165) is 24.4 Å². The summed E-state index contributed by atoms with van der Waals surface area (Å²) < 4.78 is 12.8. The molecule has 3 aromatic rings. The van der Waals surface area contributed by atoms with E-state index in [9.17, 15) is 4.79 Å². The summed E-state index contributed by atoms with van der Waals surface area (Å²) in [5, 5.41) is 0.427. The number of methoxy groups -OCH3 is 1. The van der Waals surface area contributed by atoms with E-state index in [2.05, 4.69) is 14.9 Å². The summed E-state index contributed by atoms with van der Waals surface area (Å²) in [5.41, 5.74) is 1.10. The number of nitrogens with zero attached hydrogens (tertiary/aromatic N) is 4. The van der Waals surface area contributed by atoms with Crippen LogP contribution in [0.5, 0.6) is 11.5 Å². The van der Waals surface area contributed by atoms with Crippen molar-refractivity contribution >= 4 is 10.9 Å². The Balaban J connectivity index is 1.47. The van der Waals surface area contributed by atoms with Crippen molar-refractivity contribution in [2.75, 3.05) is 33.4 Å². The number of hydrogen-bond donors (Lipinski definition) is 0. The van der Waals surface area contributed by atoms with E-state index < -0.39 is 0 Å². The number of piperidine rings is 1. The number of rotatable bonds is 7. The van der Waals surface area contributed by atoms with Gasteiger partial charge in [0.15, 0.2) is 5.75 Å². The number of pyridine rings is 1. The average molecular weight is 409 g/mol. The normalized spacial score (nSPS) is 14.7. The molecule has 0 N–H and O–H groups in total. The number of aryl methyl sites for hydroxylation is 1. The van der Waals surface area contributed by atoms with Gasteiger partial charge in [0.05, 0.1) is 37.3 Å². The molecule has 0 saturated carbocycles. The van der Waals surface area contributed by atoms with Gasteiger partial charge in [-0.05, 0) is 63.5 Å². The molecule has 0 spiro atoms. The van der Waals surface area contributed by atoms with Crippen molar-refractivity contribution in [3.63, 3.8) is 0 Å². The van der Waals surface area contributed by atoms with Gasteiger partial charge in [-0.3, -0.25) is 14.3 Å². The van der Waals surface area contributed by atoms with Gasteiger partial charge < -0.3 is 14.4 Å². The molecule has 1 fully saturated rings. The number of fused-ring (bicyclic) bond motifs is 1. The smallest absolute Gasteiger partial charge is 0.269 e. The monoisotopic (exact) mass is 408 g/mol. The number of benzene rings is 1. The fourth-order valence-electron chi connectivity index (χ4n) is 4.03. The first kappa shape index (κ1) is 20.3. The number of likely N-dealkylation sites (tertiary alicyclic amines) is 1. The van der Waals surface area contributed by atoms with Crippen LogP contribution in [0.4, 0.5) is 0 Å². The first-order valence-electron chi connectivity index (χ1n) is 10.5. The third kappa shape index (κ3) is 4.31. The zero-order valence-corrected chi connectivity index (χ0v) is 17.6. The Kier molecular flexibility index (Phi) is 6.28. The zero-order chi connectivity index (χ0) is 20.9. The highest BCUT2D eigenvalue weighted by Crippen LogP contribution is 2.21. The van der Waals surface area contributed by atoms with Crippen LogP contribution in [0.3, 0.4) is 0 Å². The first-order chi connectivity index (χ1) is 14.7. The Morgan fingerprint density at radius 2 is 1.83 bits per heavy atom. The van der Waals surface area contributed by atoms with Gasteiger partial charge in [0.25, 0.3) is 5.56 Å². The Morgan fingerprint density at radius 3 is 2.57 bits per heavy atom. The predicted octanol–water partition coefficient (Wildman–Crippen LogP) is 3.35. The van der Waals surface area contributed by atoms with Crippen LogP contribution in [0.1, 0.15) is 31.5 Å². The van der Waals surface area contributed by atoms with Crippen molar-refractivity contribution < 1.29 is 9.47 Å². The molecule has 3 heterocycles. The molecular formula is C23H28N4O3. The third-order valence-electron chi connectivity index (χ3n) is 5.56. The van der Waals surface area contributed by atoms with E-state index in [-0.39, 0.29) is 5.56 Å². The Hall–Kier alpha value is -2.93. The van der Waals surface area contributed by atoms with Gasteiger partial charge in [0.1, 0.15) is 17.0 Å². The molecule has 7 heteroatoms. The molecule has 1 aliphatic rings. The molecule has 1 saturated heterocycles. The fraction of sp³-hybridized carbons (Fsp3) is 0.435. The molecule has 0 unspecified atom stereocenters. The van der Waals surface area contributed by atoms with E-state index in [1.54, 1.807) is 10.8 Å². The Bertz CT molecular complexity index is 1060. The van der Waals surface area contributed by atoms with E-state index in [0.29, 0.717) is 29.1 Å². The van der Waals surface area contributed by atoms with Gasteiger partial charge in [-0.1, -0.05) is 6.42 Å². The van der Waals surface area contributed by atoms with Crippen molar-refractivity contribution in [1.82, 2.24) is 19.4 Å². The molecule has 0 amide bonds. The molecular weight excluding hydrogens is 380 g/mol. The lowest BCUT2D eigenvalue weighted by molar-refractivity contribution is 0.205. The molecule has 1 aromatic carbocycles. The predicted molar refractivity (Wildman–Crippen MR) is 117 cm³/mol. The molecule has 158 valence electrons. The van der Waals surface area contributed by atoms with Crippen LogP contribution in [0.25, 0.3) is 16.6 Å². The van der Waals surface area contributed by atoms with Crippen LogP contribution < -0.4 is 15.0 Å². The lowest BCUT2D eigenvalue weighted by atomic mass is 10.1. The van der Waals surface area contributed by atoms with Gasteiger partial charge in [0, 0.05) is 6.54 Å². The van der Waals surface area contributed by atoms with Crippen LogP contribution in [0.2, 0.25) is 0 Å². The van der Waals surface area contributed by atoms with Crippen molar-refractivity contribution in [2.45, 2.75) is 32.6 Å². The second-order valence-electron chi connectivity index (χ2n) is 7.63. The highest BCUT2D eigenvalue weighted by molar-refractivity contribution is 5.83. The molecule has 7 nitrogen and oxygen atoms in total.